The smallest absolute Gasteiger partial charge is 0.192 e. The van der Waals surface area contributed by atoms with E-state index >= 15 is 0 Å². The van der Waals surface area contributed by atoms with E-state index in [9.17, 15) is 5.11 Å². The molecule has 1 fully saturated rings. The van der Waals surface area contributed by atoms with Gasteiger partial charge >= 0.3 is 0 Å². The molecule has 0 spiro atoms. The Balaban J connectivity index is 2.98. The van der Waals surface area contributed by atoms with Crippen LogP contribution in [0.4, 0.5) is 0 Å². The van der Waals surface area contributed by atoms with E-state index in [-0.39, 0.29) is 34.9 Å². The van der Waals surface area contributed by atoms with E-state index in [2.05, 4.69) is 54.3 Å². The molecule has 0 aromatic heterocycles. The number of ether oxygens (including phenoxy) is 1. The van der Waals surface area contributed by atoms with Crippen molar-refractivity contribution in [3.63, 3.8) is 0 Å². The normalized spacial score (nSPS) is 30.0. The SMILES string of the molecule is C=C[C@@H]1O[C@H](C[C@@H](O)CC)C[C@H](O[Si](C)(C)C(C)(C)C)C1(C)C. The monoisotopic (exact) mass is 342 g/mol. The van der Waals surface area contributed by atoms with E-state index in [0.29, 0.717) is 6.42 Å². The summed E-state index contributed by atoms with van der Waals surface area (Å²) in [5, 5.41) is 10.2. The van der Waals surface area contributed by atoms with Crippen LogP contribution in [0.2, 0.25) is 18.1 Å². The molecule has 0 amide bonds. The Morgan fingerprint density at radius 1 is 1.39 bits per heavy atom. The maximum atomic E-state index is 10.0. The standard InChI is InChI=1S/C19H38O3Si/c1-10-14(20)12-15-13-17(19(6,7)16(11-2)21-15)22-23(8,9)18(3,4)5/h11,14-17,20H,2,10,12-13H2,1,3-9H3/t14-,15+,16-,17-/m0/s1. The minimum absolute atomic E-state index is 0.0377. The summed E-state index contributed by atoms with van der Waals surface area (Å²) in [4.78, 5) is 0. The number of hydrogen-bond donors (Lipinski definition) is 1. The van der Waals surface area contributed by atoms with Gasteiger partial charge in [0.2, 0.25) is 0 Å². The van der Waals surface area contributed by atoms with Gasteiger partial charge in [-0.3, -0.25) is 0 Å². The van der Waals surface area contributed by atoms with Crippen LogP contribution in [0.5, 0.6) is 0 Å². The van der Waals surface area contributed by atoms with Crippen LogP contribution in [0.25, 0.3) is 0 Å². The quantitative estimate of drug-likeness (QED) is 0.551. The van der Waals surface area contributed by atoms with Crippen LogP contribution in [-0.4, -0.2) is 37.8 Å². The molecule has 1 aliphatic rings. The molecule has 0 aromatic carbocycles. The Kier molecular flexibility index (Phi) is 6.70. The molecule has 4 atom stereocenters. The molecule has 3 nitrogen and oxygen atoms in total. The van der Waals surface area contributed by atoms with E-state index < -0.39 is 8.32 Å². The molecular formula is C19H38O3Si. The average Bonchev–Trinajstić information content (AvgIpc) is 2.40. The lowest BCUT2D eigenvalue weighted by atomic mass is 9.75. The molecular weight excluding hydrogens is 304 g/mol. The first kappa shape index (κ1) is 20.9. The second kappa shape index (κ2) is 7.38. The van der Waals surface area contributed by atoms with Gasteiger partial charge in [-0.1, -0.05) is 47.6 Å². The van der Waals surface area contributed by atoms with Gasteiger partial charge in [0.05, 0.1) is 24.4 Å². The zero-order valence-electron chi connectivity index (χ0n) is 16.5. The van der Waals surface area contributed by atoms with Crippen molar-refractivity contribution in [2.45, 2.75) is 103 Å². The lowest BCUT2D eigenvalue weighted by Gasteiger charge is -2.51. The van der Waals surface area contributed by atoms with Crippen LogP contribution in [-0.2, 0) is 9.16 Å². The second-order valence-corrected chi connectivity index (χ2v) is 13.9. The Hall–Kier alpha value is -0.163. The third kappa shape index (κ3) is 4.91. The van der Waals surface area contributed by atoms with Crippen LogP contribution in [0.3, 0.4) is 0 Å². The van der Waals surface area contributed by atoms with Crippen LogP contribution < -0.4 is 0 Å². The highest BCUT2D eigenvalue weighted by atomic mass is 28.4. The van der Waals surface area contributed by atoms with Crippen molar-refractivity contribution in [2.75, 3.05) is 0 Å². The molecule has 136 valence electrons. The zero-order chi connectivity index (χ0) is 18.1. The number of rotatable bonds is 6. The van der Waals surface area contributed by atoms with Crippen molar-refractivity contribution in [3.05, 3.63) is 12.7 Å². The topological polar surface area (TPSA) is 38.7 Å². The summed E-state index contributed by atoms with van der Waals surface area (Å²) in [5.74, 6) is 0. The van der Waals surface area contributed by atoms with Gasteiger partial charge in [0.15, 0.2) is 8.32 Å². The summed E-state index contributed by atoms with van der Waals surface area (Å²) in [7, 11) is -1.85. The first-order chi connectivity index (χ1) is 10.3. The minimum Gasteiger partial charge on any atom is -0.413 e. The molecule has 1 rings (SSSR count). The number of aliphatic hydroxyl groups excluding tert-OH is 1. The van der Waals surface area contributed by atoms with Gasteiger partial charge < -0.3 is 14.3 Å². The Labute approximate surface area is 144 Å². The van der Waals surface area contributed by atoms with Crippen molar-refractivity contribution in [1.29, 1.82) is 0 Å². The van der Waals surface area contributed by atoms with Gasteiger partial charge in [-0.15, -0.1) is 6.58 Å². The Morgan fingerprint density at radius 3 is 2.39 bits per heavy atom. The first-order valence-electron chi connectivity index (χ1n) is 8.99. The van der Waals surface area contributed by atoms with Crippen LogP contribution >= 0.6 is 0 Å². The fourth-order valence-electron chi connectivity index (χ4n) is 2.88. The van der Waals surface area contributed by atoms with E-state index in [4.69, 9.17) is 9.16 Å². The Bertz CT molecular complexity index is 398. The highest BCUT2D eigenvalue weighted by Gasteiger charge is 2.49. The van der Waals surface area contributed by atoms with E-state index in [1.807, 2.05) is 13.0 Å². The van der Waals surface area contributed by atoms with E-state index in [0.717, 1.165) is 12.8 Å². The number of hydrogen-bond acceptors (Lipinski definition) is 3. The van der Waals surface area contributed by atoms with Gasteiger partial charge in [-0.25, -0.2) is 0 Å². The fourth-order valence-corrected chi connectivity index (χ4v) is 4.34. The van der Waals surface area contributed by atoms with Crippen molar-refractivity contribution in [3.8, 4) is 0 Å². The third-order valence-electron chi connectivity index (χ3n) is 5.84. The molecule has 0 bridgehead atoms. The van der Waals surface area contributed by atoms with Crippen LogP contribution in [0, 0.1) is 5.41 Å². The first-order valence-corrected chi connectivity index (χ1v) is 11.9. The maximum Gasteiger partial charge on any atom is 0.192 e. The molecule has 23 heavy (non-hydrogen) atoms. The summed E-state index contributed by atoms with van der Waals surface area (Å²) < 4.78 is 13.0. The maximum absolute atomic E-state index is 10.0. The molecule has 1 saturated heterocycles. The summed E-state index contributed by atoms with van der Waals surface area (Å²) in [6.07, 6.45) is 4.00. The molecule has 0 unspecified atom stereocenters. The molecule has 0 saturated carbocycles. The lowest BCUT2D eigenvalue weighted by Crippen LogP contribution is -2.56. The highest BCUT2D eigenvalue weighted by Crippen LogP contribution is 2.45. The van der Waals surface area contributed by atoms with Gasteiger partial charge in [-0.05, 0) is 37.4 Å². The molecule has 1 aliphatic heterocycles. The minimum atomic E-state index is -1.85. The van der Waals surface area contributed by atoms with E-state index in [1.165, 1.54) is 0 Å². The van der Waals surface area contributed by atoms with Crippen molar-refractivity contribution in [2.24, 2.45) is 5.41 Å². The van der Waals surface area contributed by atoms with Crippen molar-refractivity contribution in [1.82, 2.24) is 0 Å². The average molecular weight is 343 g/mol. The summed E-state index contributed by atoms with van der Waals surface area (Å²) in [6, 6.07) is 0. The van der Waals surface area contributed by atoms with Crippen LogP contribution in [0.1, 0.15) is 60.8 Å². The molecule has 0 radical (unpaired) electrons. The molecule has 1 heterocycles. The molecule has 1 N–H and O–H groups in total. The van der Waals surface area contributed by atoms with Crippen molar-refractivity contribution >= 4 is 8.32 Å². The molecule has 0 aliphatic carbocycles. The van der Waals surface area contributed by atoms with Crippen LogP contribution in [0.15, 0.2) is 12.7 Å². The zero-order valence-corrected chi connectivity index (χ0v) is 17.5. The fraction of sp³-hybridized carbons (Fsp3) is 0.895. The summed E-state index contributed by atoms with van der Waals surface area (Å²) >= 11 is 0. The van der Waals surface area contributed by atoms with Crippen molar-refractivity contribution < 1.29 is 14.3 Å². The van der Waals surface area contributed by atoms with E-state index in [1.54, 1.807) is 0 Å². The predicted octanol–water partition coefficient (Wildman–Crippen LogP) is 4.91. The summed E-state index contributed by atoms with van der Waals surface area (Å²) in [6.45, 7) is 21.8. The second-order valence-electron chi connectivity index (χ2n) is 9.14. The largest absolute Gasteiger partial charge is 0.413 e. The third-order valence-corrected chi connectivity index (χ3v) is 10.3. The lowest BCUT2D eigenvalue weighted by molar-refractivity contribution is -0.157. The van der Waals surface area contributed by atoms with Gasteiger partial charge in [0.1, 0.15) is 0 Å². The molecule has 4 heteroatoms. The van der Waals surface area contributed by atoms with Gasteiger partial charge in [0.25, 0.3) is 0 Å². The summed E-state index contributed by atoms with van der Waals surface area (Å²) in [5.41, 5.74) is -0.106. The molecule has 0 aromatic rings. The van der Waals surface area contributed by atoms with Gasteiger partial charge in [-0.2, -0.15) is 0 Å². The predicted molar refractivity (Wildman–Crippen MR) is 100 cm³/mol. The Morgan fingerprint density at radius 2 is 1.96 bits per heavy atom. The highest BCUT2D eigenvalue weighted by molar-refractivity contribution is 6.74. The van der Waals surface area contributed by atoms with Gasteiger partial charge in [0, 0.05) is 5.41 Å². The number of aliphatic hydroxyl groups is 1.